The van der Waals surface area contributed by atoms with Crippen molar-refractivity contribution in [2.45, 2.75) is 39.7 Å². The van der Waals surface area contributed by atoms with Gasteiger partial charge in [-0.25, -0.2) is 0 Å². The van der Waals surface area contributed by atoms with Crippen molar-refractivity contribution in [2.24, 2.45) is 11.7 Å². The maximum absolute atomic E-state index is 11.5. The second-order valence-corrected chi connectivity index (χ2v) is 4.80. The Morgan fingerprint density at radius 2 is 1.89 bits per heavy atom. The molecule has 6 nitrogen and oxygen atoms in total. The normalized spacial score (nSPS) is 12.3. The van der Waals surface area contributed by atoms with Gasteiger partial charge in [-0.05, 0) is 12.3 Å². The SMILES string of the molecule is CCCCOCCNC(=O)CNC(=O)[C@@H](N)C(C)C. The van der Waals surface area contributed by atoms with Crippen LogP contribution in [0.25, 0.3) is 0 Å². The van der Waals surface area contributed by atoms with Crippen LogP contribution in [-0.2, 0) is 14.3 Å². The summed E-state index contributed by atoms with van der Waals surface area (Å²) in [7, 11) is 0. The summed E-state index contributed by atoms with van der Waals surface area (Å²) >= 11 is 0. The lowest BCUT2D eigenvalue weighted by molar-refractivity contribution is -0.127. The lowest BCUT2D eigenvalue weighted by Crippen LogP contribution is -2.47. The zero-order valence-corrected chi connectivity index (χ0v) is 12.2. The summed E-state index contributed by atoms with van der Waals surface area (Å²) in [6.07, 6.45) is 2.12. The van der Waals surface area contributed by atoms with E-state index in [-0.39, 0.29) is 24.3 Å². The Morgan fingerprint density at radius 1 is 1.21 bits per heavy atom. The van der Waals surface area contributed by atoms with Gasteiger partial charge in [0.15, 0.2) is 0 Å². The number of hydrogen-bond acceptors (Lipinski definition) is 4. The van der Waals surface area contributed by atoms with Crippen LogP contribution in [0.15, 0.2) is 0 Å². The van der Waals surface area contributed by atoms with E-state index in [1.807, 2.05) is 13.8 Å². The van der Waals surface area contributed by atoms with Crippen molar-refractivity contribution in [2.75, 3.05) is 26.3 Å². The summed E-state index contributed by atoms with van der Waals surface area (Å²) in [5, 5.41) is 5.17. The van der Waals surface area contributed by atoms with Gasteiger partial charge in [0.05, 0.1) is 19.2 Å². The predicted octanol–water partition coefficient (Wildman–Crippen LogP) is 0.0188. The molecule has 0 bridgehead atoms. The number of nitrogens with one attached hydrogen (secondary N) is 2. The minimum Gasteiger partial charge on any atom is -0.380 e. The number of ether oxygens (including phenoxy) is 1. The average molecular weight is 273 g/mol. The van der Waals surface area contributed by atoms with Crippen LogP contribution in [-0.4, -0.2) is 44.2 Å². The summed E-state index contributed by atoms with van der Waals surface area (Å²) in [5.41, 5.74) is 5.65. The number of nitrogens with two attached hydrogens (primary N) is 1. The smallest absolute Gasteiger partial charge is 0.239 e. The molecular formula is C13H27N3O3. The second-order valence-electron chi connectivity index (χ2n) is 4.80. The third kappa shape index (κ3) is 9.44. The molecule has 0 saturated carbocycles. The fourth-order valence-corrected chi connectivity index (χ4v) is 1.26. The standard InChI is InChI=1S/C13H27N3O3/c1-4-5-7-19-8-6-15-11(17)9-16-13(18)12(14)10(2)3/h10,12H,4-9,14H2,1-3H3,(H,15,17)(H,16,18)/t12-/m0/s1. The topological polar surface area (TPSA) is 93.5 Å². The van der Waals surface area contributed by atoms with E-state index in [2.05, 4.69) is 17.6 Å². The highest BCUT2D eigenvalue weighted by Crippen LogP contribution is 1.97. The molecule has 4 N–H and O–H groups in total. The zero-order valence-electron chi connectivity index (χ0n) is 12.2. The van der Waals surface area contributed by atoms with E-state index < -0.39 is 6.04 Å². The van der Waals surface area contributed by atoms with Gasteiger partial charge < -0.3 is 21.1 Å². The Morgan fingerprint density at radius 3 is 2.47 bits per heavy atom. The van der Waals surface area contributed by atoms with Gasteiger partial charge in [-0.2, -0.15) is 0 Å². The van der Waals surface area contributed by atoms with Crippen LogP contribution in [0.3, 0.4) is 0 Å². The first-order chi connectivity index (χ1) is 8.99. The summed E-state index contributed by atoms with van der Waals surface area (Å²) in [6, 6.07) is -0.579. The quantitative estimate of drug-likeness (QED) is 0.489. The number of carbonyl (C=O) groups excluding carboxylic acids is 2. The van der Waals surface area contributed by atoms with Crippen molar-refractivity contribution < 1.29 is 14.3 Å². The fraction of sp³-hybridized carbons (Fsp3) is 0.846. The molecule has 0 heterocycles. The molecule has 0 fully saturated rings. The van der Waals surface area contributed by atoms with Crippen molar-refractivity contribution in [1.82, 2.24) is 10.6 Å². The third-order valence-electron chi connectivity index (χ3n) is 2.65. The summed E-state index contributed by atoms with van der Waals surface area (Å²) in [5.74, 6) is -0.484. The molecule has 0 aromatic carbocycles. The van der Waals surface area contributed by atoms with Gasteiger partial charge in [0.25, 0.3) is 0 Å². The van der Waals surface area contributed by atoms with Crippen LogP contribution in [0.4, 0.5) is 0 Å². The first-order valence-corrected chi connectivity index (χ1v) is 6.86. The monoisotopic (exact) mass is 273 g/mol. The highest BCUT2D eigenvalue weighted by molar-refractivity contribution is 5.87. The molecule has 0 spiro atoms. The Kier molecular flexibility index (Phi) is 10.1. The van der Waals surface area contributed by atoms with Crippen molar-refractivity contribution >= 4 is 11.8 Å². The Bertz CT molecular complexity index is 270. The fourth-order valence-electron chi connectivity index (χ4n) is 1.26. The van der Waals surface area contributed by atoms with Crippen LogP contribution < -0.4 is 16.4 Å². The molecule has 0 aliphatic carbocycles. The van der Waals surface area contributed by atoms with Gasteiger partial charge in [0.1, 0.15) is 0 Å². The lowest BCUT2D eigenvalue weighted by atomic mass is 10.1. The molecule has 1 atom stereocenters. The third-order valence-corrected chi connectivity index (χ3v) is 2.65. The number of carbonyl (C=O) groups is 2. The van der Waals surface area contributed by atoms with E-state index >= 15 is 0 Å². The highest BCUT2D eigenvalue weighted by Gasteiger charge is 2.17. The van der Waals surface area contributed by atoms with E-state index in [9.17, 15) is 9.59 Å². The molecule has 112 valence electrons. The van der Waals surface area contributed by atoms with Crippen LogP contribution >= 0.6 is 0 Å². The van der Waals surface area contributed by atoms with Gasteiger partial charge in [-0.15, -0.1) is 0 Å². The minimum atomic E-state index is -0.579. The van der Waals surface area contributed by atoms with Crippen molar-refractivity contribution in [3.05, 3.63) is 0 Å². The van der Waals surface area contributed by atoms with Crippen LogP contribution in [0.1, 0.15) is 33.6 Å². The van der Waals surface area contributed by atoms with Gasteiger partial charge in [-0.3, -0.25) is 9.59 Å². The molecule has 0 aliphatic rings. The molecule has 19 heavy (non-hydrogen) atoms. The minimum absolute atomic E-state index is 0.0474. The average Bonchev–Trinajstić information content (AvgIpc) is 2.38. The predicted molar refractivity (Wildman–Crippen MR) is 74.6 cm³/mol. The van der Waals surface area contributed by atoms with E-state index in [4.69, 9.17) is 10.5 Å². The van der Waals surface area contributed by atoms with E-state index in [0.29, 0.717) is 19.8 Å². The molecule has 0 rings (SSSR count). The maximum atomic E-state index is 11.5. The lowest BCUT2D eigenvalue weighted by Gasteiger charge is -2.15. The number of unbranched alkanes of at least 4 members (excludes halogenated alkanes) is 1. The number of hydrogen-bond donors (Lipinski definition) is 3. The largest absolute Gasteiger partial charge is 0.380 e. The second kappa shape index (κ2) is 10.8. The van der Waals surface area contributed by atoms with E-state index in [1.54, 1.807) is 0 Å². The molecule has 0 radical (unpaired) electrons. The zero-order chi connectivity index (χ0) is 14.7. The first kappa shape index (κ1) is 17.9. The number of rotatable bonds is 10. The molecule has 0 aromatic heterocycles. The highest BCUT2D eigenvalue weighted by atomic mass is 16.5. The van der Waals surface area contributed by atoms with E-state index in [1.165, 1.54) is 0 Å². The first-order valence-electron chi connectivity index (χ1n) is 6.86. The molecule has 0 aromatic rings. The summed E-state index contributed by atoms with van der Waals surface area (Å²) in [4.78, 5) is 22.9. The van der Waals surface area contributed by atoms with Gasteiger partial charge in [0, 0.05) is 13.2 Å². The molecule has 0 unspecified atom stereocenters. The Balaban J connectivity index is 3.57. The Hall–Kier alpha value is -1.14. The van der Waals surface area contributed by atoms with Crippen molar-refractivity contribution in [3.8, 4) is 0 Å². The number of amides is 2. The molecule has 6 heteroatoms. The van der Waals surface area contributed by atoms with Crippen molar-refractivity contribution in [3.63, 3.8) is 0 Å². The molecule has 0 aliphatic heterocycles. The van der Waals surface area contributed by atoms with Crippen LogP contribution in [0, 0.1) is 5.92 Å². The van der Waals surface area contributed by atoms with Gasteiger partial charge in [-0.1, -0.05) is 27.2 Å². The van der Waals surface area contributed by atoms with Crippen LogP contribution in [0.5, 0.6) is 0 Å². The Labute approximate surface area is 115 Å². The van der Waals surface area contributed by atoms with E-state index in [0.717, 1.165) is 12.8 Å². The van der Waals surface area contributed by atoms with Crippen molar-refractivity contribution in [1.29, 1.82) is 0 Å². The maximum Gasteiger partial charge on any atom is 0.239 e. The molecular weight excluding hydrogens is 246 g/mol. The molecule has 2 amide bonds. The van der Waals surface area contributed by atoms with Gasteiger partial charge >= 0.3 is 0 Å². The summed E-state index contributed by atoms with van der Waals surface area (Å²) in [6.45, 7) is 7.42. The van der Waals surface area contributed by atoms with Gasteiger partial charge in [0.2, 0.25) is 11.8 Å². The van der Waals surface area contributed by atoms with Crippen LogP contribution in [0.2, 0.25) is 0 Å². The molecule has 0 saturated heterocycles. The summed E-state index contributed by atoms with van der Waals surface area (Å²) < 4.78 is 5.30.